The van der Waals surface area contributed by atoms with Gasteiger partial charge in [0.25, 0.3) is 5.91 Å². The molecule has 0 aromatic heterocycles. The smallest absolute Gasteiger partial charge is 0.253 e. The van der Waals surface area contributed by atoms with Gasteiger partial charge in [-0.05, 0) is 31.5 Å². The summed E-state index contributed by atoms with van der Waals surface area (Å²) >= 11 is 9.29. The van der Waals surface area contributed by atoms with Crippen molar-refractivity contribution in [3.05, 3.63) is 28.8 Å². The molecule has 1 amide bonds. The number of carbonyl (C=O) groups is 1. The molecule has 1 aromatic rings. The van der Waals surface area contributed by atoms with Crippen LogP contribution >= 0.6 is 27.5 Å². The number of phenols is 1. The highest BCUT2D eigenvalue weighted by Gasteiger charge is 2.24. The molecule has 5 heteroatoms. The summed E-state index contributed by atoms with van der Waals surface area (Å²) < 4.78 is 0. The van der Waals surface area contributed by atoms with Crippen molar-refractivity contribution in [2.24, 2.45) is 0 Å². The summed E-state index contributed by atoms with van der Waals surface area (Å²) in [7, 11) is 0. The maximum atomic E-state index is 12.0. The van der Waals surface area contributed by atoms with Crippen molar-refractivity contribution in [1.29, 1.82) is 0 Å². The molecule has 0 aliphatic rings. The van der Waals surface area contributed by atoms with E-state index in [9.17, 15) is 9.90 Å². The first-order valence-electron chi connectivity index (χ1n) is 5.29. The Morgan fingerprint density at radius 2 is 2.24 bits per heavy atom. The quantitative estimate of drug-likeness (QED) is 0.836. The molecule has 0 aliphatic heterocycles. The van der Waals surface area contributed by atoms with Gasteiger partial charge in [-0.15, -0.1) is 0 Å². The van der Waals surface area contributed by atoms with E-state index < -0.39 is 0 Å². The van der Waals surface area contributed by atoms with Gasteiger partial charge in [0.05, 0.1) is 10.6 Å². The van der Waals surface area contributed by atoms with Gasteiger partial charge in [0, 0.05) is 10.9 Å². The standard InChI is InChI=1S/C12H15BrClNO2/c1-3-12(2,7-13)15-11(17)9-6-8(16)4-5-10(9)14/h4-6,16H,3,7H2,1-2H3,(H,15,17). The lowest BCUT2D eigenvalue weighted by Gasteiger charge is -2.27. The fourth-order valence-electron chi connectivity index (χ4n) is 1.24. The summed E-state index contributed by atoms with van der Waals surface area (Å²) in [4.78, 5) is 12.0. The zero-order valence-electron chi connectivity index (χ0n) is 9.76. The van der Waals surface area contributed by atoms with Crippen LogP contribution in [-0.2, 0) is 0 Å². The van der Waals surface area contributed by atoms with E-state index in [4.69, 9.17) is 11.6 Å². The van der Waals surface area contributed by atoms with Crippen LogP contribution in [0.3, 0.4) is 0 Å². The molecule has 0 fully saturated rings. The summed E-state index contributed by atoms with van der Waals surface area (Å²) in [5.74, 6) is -0.258. The normalized spacial score (nSPS) is 14.1. The lowest BCUT2D eigenvalue weighted by Crippen LogP contribution is -2.47. The molecule has 0 saturated carbocycles. The topological polar surface area (TPSA) is 49.3 Å². The van der Waals surface area contributed by atoms with Crippen molar-refractivity contribution in [1.82, 2.24) is 5.32 Å². The molecule has 1 aromatic carbocycles. The van der Waals surface area contributed by atoms with Crippen LogP contribution < -0.4 is 5.32 Å². The second-order valence-electron chi connectivity index (χ2n) is 4.17. The monoisotopic (exact) mass is 319 g/mol. The molecule has 0 saturated heterocycles. The Bertz CT molecular complexity index is 419. The van der Waals surface area contributed by atoms with E-state index in [1.54, 1.807) is 0 Å². The first-order chi connectivity index (χ1) is 7.91. The summed E-state index contributed by atoms with van der Waals surface area (Å²) in [6.07, 6.45) is 0.792. The summed E-state index contributed by atoms with van der Waals surface area (Å²) in [6, 6.07) is 4.31. The maximum Gasteiger partial charge on any atom is 0.253 e. The van der Waals surface area contributed by atoms with Crippen molar-refractivity contribution in [2.75, 3.05) is 5.33 Å². The molecule has 17 heavy (non-hydrogen) atoms. The van der Waals surface area contributed by atoms with Crippen molar-refractivity contribution in [3.8, 4) is 5.75 Å². The Balaban J connectivity index is 2.94. The van der Waals surface area contributed by atoms with Gasteiger partial charge < -0.3 is 10.4 Å². The molecular formula is C12H15BrClNO2. The second kappa shape index (κ2) is 5.74. The predicted molar refractivity (Wildman–Crippen MR) is 73.1 cm³/mol. The number of hydrogen-bond acceptors (Lipinski definition) is 2. The molecule has 0 radical (unpaired) electrons. The highest BCUT2D eigenvalue weighted by molar-refractivity contribution is 9.09. The van der Waals surface area contributed by atoms with E-state index in [1.165, 1.54) is 18.2 Å². The van der Waals surface area contributed by atoms with Crippen molar-refractivity contribution < 1.29 is 9.90 Å². The van der Waals surface area contributed by atoms with Crippen LogP contribution in [0.5, 0.6) is 5.75 Å². The number of halogens is 2. The molecular weight excluding hydrogens is 305 g/mol. The minimum Gasteiger partial charge on any atom is -0.508 e. The van der Waals surface area contributed by atoms with Gasteiger partial charge in [0.2, 0.25) is 0 Å². The van der Waals surface area contributed by atoms with E-state index >= 15 is 0 Å². The van der Waals surface area contributed by atoms with E-state index in [1.807, 2.05) is 13.8 Å². The molecule has 94 valence electrons. The van der Waals surface area contributed by atoms with Gasteiger partial charge in [0.1, 0.15) is 5.75 Å². The molecule has 1 atom stereocenters. The Kier molecular flexibility index (Phi) is 4.83. The van der Waals surface area contributed by atoms with Crippen LogP contribution in [0.25, 0.3) is 0 Å². The molecule has 0 heterocycles. The first-order valence-corrected chi connectivity index (χ1v) is 6.79. The number of rotatable bonds is 4. The van der Waals surface area contributed by atoms with E-state index in [-0.39, 0.29) is 22.8 Å². The molecule has 3 nitrogen and oxygen atoms in total. The number of carbonyl (C=O) groups excluding carboxylic acids is 1. The SMILES string of the molecule is CCC(C)(CBr)NC(=O)c1cc(O)ccc1Cl. The lowest BCUT2D eigenvalue weighted by atomic mass is 10.0. The Hall–Kier alpha value is -0.740. The van der Waals surface area contributed by atoms with Crippen molar-refractivity contribution in [3.63, 3.8) is 0 Å². The number of alkyl halides is 1. The Morgan fingerprint density at radius 3 is 2.76 bits per heavy atom. The molecule has 0 bridgehead atoms. The third kappa shape index (κ3) is 3.61. The van der Waals surface area contributed by atoms with Gasteiger partial charge in [-0.1, -0.05) is 34.5 Å². The van der Waals surface area contributed by atoms with Crippen LogP contribution in [0.4, 0.5) is 0 Å². The summed E-state index contributed by atoms with van der Waals surface area (Å²) in [5, 5.41) is 13.2. The van der Waals surface area contributed by atoms with Gasteiger partial charge in [0.15, 0.2) is 0 Å². The van der Waals surface area contributed by atoms with Crippen molar-refractivity contribution in [2.45, 2.75) is 25.8 Å². The fourth-order valence-corrected chi connectivity index (χ4v) is 1.99. The van der Waals surface area contributed by atoms with Crippen LogP contribution in [0, 0.1) is 0 Å². The Morgan fingerprint density at radius 1 is 1.59 bits per heavy atom. The third-order valence-corrected chi connectivity index (χ3v) is 4.25. The van der Waals surface area contributed by atoms with E-state index in [2.05, 4.69) is 21.2 Å². The minimum atomic E-state index is -0.328. The molecule has 1 unspecified atom stereocenters. The van der Waals surface area contributed by atoms with Gasteiger partial charge in [-0.3, -0.25) is 4.79 Å². The number of hydrogen-bond donors (Lipinski definition) is 2. The molecule has 2 N–H and O–H groups in total. The average Bonchev–Trinajstić information content (AvgIpc) is 2.32. The average molecular weight is 321 g/mol. The van der Waals surface area contributed by atoms with Crippen LogP contribution in [0.15, 0.2) is 18.2 Å². The minimum absolute atomic E-state index is 0.0246. The largest absolute Gasteiger partial charge is 0.508 e. The number of nitrogens with one attached hydrogen (secondary N) is 1. The fraction of sp³-hybridized carbons (Fsp3) is 0.417. The van der Waals surface area contributed by atoms with Crippen LogP contribution in [0.2, 0.25) is 5.02 Å². The molecule has 0 spiro atoms. The molecule has 0 aliphatic carbocycles. The molecule has 1 rings (SSSR count). The number of benzene rings is 1. The highest BCUT2D eigenvalue weighted by Crippen LogP contribution is 2.22. The predicted octanol–water partition coefficient (Wildman–Crippen LogP) is 3.34. The van der Waals surface area contributed by atoms with E-state index in [0.717, 1.165) is 6.42 Å². The zero-order valence-corrected chi connectivity index (χ0v) is 12.1. The summed E-state index contributed by atoms with van der Waals surface area (Å²) in [5.41, 5.74) is -0.0430. The zero-order chi connectivity index (χ0) is 13.1. The van der Waals surface area contributed by atoms with Gasteiger partial charge >= 0.3 is 0 Å². The van der Waals surface area contributed by atoms with E-state index in [0.29, 0.717) is 10.4 Å². The summed E-state index contributed by atoms with van der Waals surface area (Å²) in [6.45, 7) is 3.93. The third-order valence-electron chi connectivity index (χ3n) is 2.69. The Labute approximate surface area is 114 Å². The van der Waals surface area contributed by atoms with Crippen molar-refractivity contribution >= 4 is 33.4 Å². The number of amides is 1. The highest BCUT2D eigenvalue weighted by atomic mass is 79.9. The lowest BCUT2D eigenvalue weighted by molar-refractivity contribution is 0.0913. The number of phenolic OH excluding ortho intramolecular Hbond substituents is 1. The van der Waals surface area contributed by atoms with Crippen LogP contribution in [0.1, 0.15) is 30.6 Å². The van der Waals surface area contributed by atoms with Gasteiger partial charge in [-0.25, -0.2) is 0 Å². The second-order valence-corrected chi connectivity index (χ2v) is 5.13. The van der Waals surface area contributed by atoms with Gasteiger partial charge in [-0.2, -0.15) is 0 Å². The number of aromatic hydroxyl groups is 1. The first kappa shape index (κ1) is 14.3. The van der Waals surface area contributed by atoms with Crippen LogP contribution in [-0.4, -0.2) is 21.9 Å². The maximum absolute atomic E-state index is 12.0.